The van der Waals surface area contributed by atoms with Gasteiger partial charge in [-0.25, -0.2) is 17.8 Å². The molecule has 2 aromatic carbocycles. The van der Waals surface area contributed by atoms with Crippen molar-refractivity contribution in [3.8, 4) is 11.1 Å². The smallest absolute Gasteiger partial charge is 0.232 e. The fourth-order valence-electron chi connectivity index (χ4n) is 3.16. The molecule has 0 atom stereocenters. The number of nitrogens with zero attached hydrogens (tertiary/aromatic N) is 2. The Kier molecular flexibility index (Phi) is 4.68. The van der Waals surface area contributed by atoms with Crippen molar-refractivity contribution in [2.45, 2.75) is 13.3 Å². The Bertz CT molecular complexity index is 1300. The largest absolute Gasteiger partial charge is 0.282 e. The first-order chi connectivity index (χ1) is 13.4. The molecule has 9 heteroatoms. The third-order valence-corrected chi connectivity index (χ3v) is 6.28. The van der Waals surface area contributed by atoms with Gasteiger partial charge in [-0.1, -0.05) is 30.7 Å². The van der Waals surface area contributed by atoms with E-state index in [2.05, 4.69) is 19.9 Å². The predicted molar refractivity (Wildman–Crippen MR) is 109 cm³/mol. The number of H-pyrrole nitrogens is 1. The number of aromatic nitrogens is 3. The highest BCUT2D eigenvalue weighted by molar-refractivity contribution is 7.92. The van der Waals surface area contributed by atoms with Gasteiger partial charge in [-0.05, 0) is 35.6 Å². The molecule has 0 aliphatic carbocycles. The zero-order valence-corrected chi connectivity index (χ0v) is 16.4. The molecule has 0 saturated carbocycles. The summed E-state index contributed by atoms with van der Waals surface area (Å²) >= 11 is 6.39. The minimum atomic E-state index is -3.55. The molecule has 0 spiro atoms. The summed E-state index contributed by atoms with van der Waals surface area (Å²) in [6, 6.07) is 7.87. The molecule has 4 aromatic rings. The molecule has 28 heavy (non-hydrogen) atoms. The van der Waals surface area contributed by atoms with Gasteiger partial charge in [-0.2, -0.15) is 5.10 Å². The monoisotopic (exact) mass is 418 g/mol. The van der Waals surface area contributed by atoms with Crippen molar-refractivity contribution in [3.05, 3.63) is 53.6 Å². The molecular formula is C19H16ClFN4O2S. The highest BCUT2D eigenvalue weighted by atomic mass is 35.5. The molecule has 0 aliphatic heterocycles. The van der Waals surface area contributed by atoms with Crippen LogP contribution in [0.5, 0.6) is 0 Å². The number of benzene rings is 2. The molecule has 2 N–H and O–H groups in total. The maximum absolute atomic E-state index is 14.6. The van der Waals surface area contributed by atoms with Crippen LogP contribution in [0.3, 0.4) is 0 Å². The van der Waals surface area contributed by atoms with Crippen molar-refractivity contribution in [2.75, 3.05) is 10.5 Å². The van der Waals surface area contributed by atoms with Crippen LogP contribution in [0.25, 0.3) is 32.9 Å². The molecule has 6 nitrogen and oxygen atoms in total. The van der Waals surface area contributed by atoms with Crippen LogP contribution in [-0.2, 0) is 10.0 Å². The van der Waals surface area contributed by atoms with E-state index in [0.29, 0.717) is 17.6 Å². The van der Waals surface area contributed by atoms with Gasteiger partial charge in [0.15, 0.2) is 5.65 Å². The zero-order valence-electron chi connectivity index (χ0n) is 14.8. The number of anilines is 1. The molecule has 4 rings (SSSR count). The normalized spacial score (nSPS) is 12.0. The maximum Gasteiger partial charge on any atom is 0.232 e. The van der Waals surface area contributed by atoms with Crippen molar-refractivity contribution >= 4 is 49.1 Å². The van der Waals surface area contributed by atoms with E-state index in [1.807, 2.05) is 6.07 Å². The number of aromatic amines is 1. The minimum absolute atomic E-state index is 0.0105. The van der Waals surface area contributed by atoms with Crippen LogP contribution in [-0.4, -0.2) is 29.4 Å². The van der Waals surface area contributed by atoms with E-state index in [1.54, 1.807) is 31.5 Å². The zero-order chi connectivity index (χ0) is 19.9. The van der Waals surface area contributed by atoms with Gasteiger partial charge in [0.05, 0.1) is 22.7 Å². The van der Waals surface area contributed by atoms with Crippen LogP contribution in [0.4, 0.5) is 10.1 Å². The Morgan fingerprint density at radius 3 is 2.79 bits per heavy atom. The lowest BCUT2D eigenvalue weighted by molar-refractivity contribution is 0.599. The van der Waals surface area contributed by atoms with Gasteiger partial charge in [0.2, 0.25) is 10.0 Å². The van der Waals surface area contributed by atoms with E-state index >= 15 is 0 Å². The first-order valence-corrected chi connectivity index (χ1v) is 10.6. The summed E-state index contributed by atoms with van der Waals surface area (Å²) in [5.74, 6) is -0.585. The summed E-state index contributed by atoms with van der Waals surface area (Å²) in [6.45, 7) is 1.76. The number of pyridine rings is 1. The fraction of sp³-hybridized carbons (Fsp3) is 0.158. The highest BCUT2D eigenvalue weighted by Crippen LogP contribution is 2.38. The lowest BCUT2D eigenvalue weighted by Gasteiger charge is -2.14. The Balaban J connectivity index is 1.84. The Labute approximate surface area is 165 Å². The Morgan fingerprint density at radius 2 is 2.00 bits per heavy atom. The van der Waals surface area contributed by atoms with Crippen molar-refractivity contribution in [1.82, 2.24) is 15.2 Å². The molecule has 0 bridgehead atoms. The van der Waals surface area contributed by atoms with E-state index in [4.69, 9.17) is 11.6 Å². The molecule has 0 radical (unpaired) electrons. The van der Waals surface area contributed by atoms with E-state index in [9.17, 15) is 12.8 Å². The van der Waals surface area contributed by atoms with Gasteiger partial charge in [0.1, 0.15) is 5.82 Å². The maximum atomic E-state index is 14.6. The summed E-state index contributed by atoms with van der Waals surface area (Å²) in [7, 11) is -3.55. The summed E-state index contributed by atoms with van der Waals surface area (Å²) in [6.07, 6.45) is 3.81. The van der Waals surface area contributed by atoms with Crippen LogP contribution < -0.4 is 4.72 Å². The number of sulfonamides is 1. The van der Waals surface area contributed by atoms with Crippen molar-refractivity contribution in [1.29, 1.82) is 0 Å². The van der Waals surface area contributed by atoms with Gasteiger partial charge in [-0.15, -0.1) is 0 Å². The number of hydrogen-bond acceptors (Lipinski definition) is 4. The summed E-state index contributed by atoms with van der Waals surface area (Å²) in [4.78, 5) is 4.30. The summed E-state index contributed by atoms with van der Waals surface area (Å²) in [5, 5.41) is 9.37. The highest BCUT2D eigenvalue weighted by Gasteiger charge is 2.18. The van der Waals surface area contributed by atoms with Crippen LogP contribution in [0.2, 0.25) is 5.02 Å². The Morgan fingerprint density at radius 1 is 1.18 bits per heavy atom. The topological polar surface area (TPSA) is 87.7 Å². The third kappa shape index (κ3) is 3.29. The van der Waals surface area contributed by atoms with Crippen LogP contribution >= 0.6 is 11.6 Å². The second-order valence-corrected chi connectivity index (χ2v) is 8.62. The van der Waals surface area contributed by atoms with Crippen LogP contribution in [0, 0.1) is 5.82 Å². The average molecular weight is 419 g/mol. The quantitative estimate of drug-likeness (QED) is 0.490. The van der Waals surface area contributed by atoms with Crippen LogP contribution in [0.1, 0.15) is 13.3 Å². The molecule has 0 saturated heterocycles. The van der Waals surface area contributed by atoms with Crippen molar-refractivity contribution < 1.29 is 12.8 Å². The molecular weight excluding hydrogens is 403 g/mol. The molecule has 0 aliphatic rings. The number of halogens is 2. The number of rotatable bonds is 5. The second kappa shape index (κ2) is 7.03. The average Bonchev–Trinajstić information content (AvgIpc) is 3.13. The molecule has 2 heterocycles. The molecule has 0 fully saturated rings. The lowest BCUT2D eigenvalue weighted by atomic mass is 10.00. The first kappa shape index (κ1) is 18.6. The van der Waals surface area contributed by atoms with Gasteiger partial charge in [0, 0.05) is 22.5 Å². The van der Waals surface area contributed by atoms with E-state index in [-0.39, 0.29) is 22.0 Å². The molecule has 144 valence electrons. The van der Waals surface area contributed by atoms with Crippen LogP contribution in [0.15, 0.2) is 42.7 Å². The van der Waals surface area contributed by atoms with E-state index in [0.717, 1.165) is 16.2 Å². The van der Waals surface area contributed by atoms with Crippen molar-refractivity contribution in [2.24, 2.45) is 0 Å². The lowest BCUT2D eigenvalue weighted by Crippen LogP contribution is -2.16. The summed E-state index contributed by atoms with van der Waals surface area (Å²) < 4.78 is 41.2. The van der Waals surface area contributed by atoms with Gasteiger partial charge >= 0.3 is 0 Å². The number of fused-ring (bicyclic) bond motifs is 3. The second-order valence-electron chi connectivity index (χ2n) is 6.40. The summed E-state index contributed by atoms with van der Waals surface area (Å²) in [5.41, 5.74) is 1.47. The Hall–Kier alpha value is -2.71. The van der Waals surface area contributed by atoms with Gasteiger partial charge in [-0.3, -0.25) is 9.82 Å². The van der Waals surface area contributed by atoms with Crippen molar-refractivity contribution in [3.63, 3.8) is 0 Å². The number of nitrogens with one attached hydrogen (secondary N) is 2. The van der Waals surface area contributed by atoms with E-state index in [1.165, 1.54) is 12.1 Å². The fourth-order valence-corrected chi connectivity index (χ4v) is 4.67. The standard InChI is InChI=1S/C19H16ClFN4O2S/c1-2-7-28(26,27)25-16-6-5-15(21)17(18(16)20)11-3-4-13-12(8-11)9-22-19-14(13)10-23-24-19/h3-6,8-10,25H,2,7H2,1H3,(H,22,23,24). The SMILES string of the molecule is CCCS(=O)(=O)Nc1ccc(F)c(-c2ccc3c(cnc4[nH]ncc43)c2)c1Cl. The van der Waals surface area contributed by atoms with Gasteiger partial charge in [0.25, 0.3) is 0 Å². The minimum Gasteiger partial charge on any atom is -0.282 e. The molecule has 2 aromatic heterocycles. The predicted octanol–water partition coefficient (Wildman–Crippen LogP) is 4.72. The van der Waals surface area contributed by atoms with E-state index < -0.39 is 15.8 Å². The number of hydrogen-bond donors (Lipinski definition) is 2. The first-order valence-electron chi connectivity index (χ1n) is 8.60. The van der Waals surface area contributed by atoms with Gasteiger partial charge < -0.3 is 0 Å². The molecule has 0 unspecified atom stereocenters. The third-order valence-electron chi connectivity index (χ3n) is 4.41. The molecule has 0 amide bonds.